The van der Waals surface area contributed by atoms with Gasteiger partial charge in [-0.25, -0.2) is 0 Å². The van der Waals surface area contributed by atoms with Crippen LogP contribution < -0.4 is 31.1 Å². The molecule has 0 spiro atoms. The zero-order valence-electron chi connectivity index (χ0n) is 28.5. The highest BCUT2D eigenvalue weighted by Crippen LogP contribution is 2.48. The van der Waals surface area contributed by atoms with E-state index in [0.717, 1.165) is 28.4 Å². The van der Waals surface area contributed by atoms with Gasteiger partial charge in [-0.3, -0.25) is 0 Å². The van der Waals surface area contributed by atoms with Crippen LogP contribution in [0.15, 0.2) is 206 Å². The first kappa shape index (κ1) is 30.1. The van der Waals surface area contributed by atoms with Crippen molar-refractivity contribution in [3.05, 3.63) is 206 Å². The predicted molar refractivity (Wildman–Crippen MR) is 221 cm³/mol. The minimum Gasteiger partial charge on any atom is -0.311 e. The molecular weight excluding hydrogens is 629 g/mol. The number of para-hydroxylation sites is 6. The highest BCUT2D eigenvalue weighted by Gasteiger charge is 2.43. The van der Waals surface area contributed by atoms with Gasteiger partial charge < -0.3 is 14.7 Å². The van der Waals surface area contributed by atoms with Gasteiger partial charge in [0.2, 0.25) is 0 Å². The molecule has 0 bridgehead atoms. The molecule has 8 aromatic carbocycles. The number of anilines is 9. The second-order valence-electron chi connectivity index (χ2n) is 13.3. The van der Waals surface area contributed by atoms with E-state index in [2.05, 4.69) is 221 Å². The zero-order valence-corrected chi connectivity index (χ0v) is 28.5. The summed E-state index contributed by atoms with van der Waals surface area (Å²) in [5.74, 6) is 0. The van der Waals surface area contributed by atoms with E-state index in [-0.39, 0.29) is 6.71 Å². The maximum absolute atomic E-state index is 2.47. The Kier molecular flexibility index (Phi) is 7.25. The number of nitrogens with zero attached hydrogens (tertiary/aromatic N) is 3. The van der Waals surface area contributed by atoms with Crippen LogP contribution in [0.4, 0.5) is 51.2 Å². The molecule has 3 nitrogen and oxygen atoms in total. The molecule has 2 aliphatic heterocycles. The van der Waals surface area contributed by atoms with Crippen LogP contribution in [0.2, 0.25) is 0 Å². The molecule has 0 atom stereocenters. The minimum absolute atomic E-state index is 0.0631. The topological polar surface area (TPSA) is 9.72 Å². The van der Waals surface area contributed by atoms with Crippen molar-refractivity contribution in [2.45, 2.75) is 0 Å². The van der Waals surface area contributed by atoms with Crippen LogP contribution in [0.3, 0.4) is 0 Å². The van der Waals surface area contributed by atoms with Crippen LogP contribution in [-0.4, -0.2) is 6.71 Å². The van der Waals surface area contributed by atoms with Crippen molar-refractivity contribution >= 4 is 74.3 Å². The molecule has 52 heavy (non-hydrogen) atoms. The predicted octanol–water partition coefficient (Wildman–Crippen LogP) is 10.9. The van der Waals surface area contributed by atoms with Crippen molar-refractivity contribution in [1.29, 1.82) is 0 Å². The van der Waals surface area contributed by atoms with Crippen molar-refractivity contribution in [3.8, 4) is 11.1 Å². The van der Waals surface area contributed by atoms with Gasteiger partial charge in [-0.05, 0) is 88.7 Å². The van der Waals surface area contributed by atoms with Crippen LogP contribution >= 0.6 is 0 Å². The average Bonchev–Trinajstić information content (AvgIpc) is 3.22. The summed E-state index contributed by atoms with van der Waals surface area (Å²) in [6, 6.07) is 74.6. The molecule has 10 rings (SSSR count). The third-order valence-corrected chi connectivity index (χ3v) is 10.4. The lowest BCUT2D eigenvalue weighted by molar-refractivity contribution is 1.23. The second kappa shape index (κ2) is 12.5. The number of benzene rings is 8. The van der Waals surface area contributed by atoms with Gasteiger partial charge in [0.05, 0.1) is 11.4 Å². The van der Waals surface area contributed by atoms with Crippen molar-refractivity contribution in [1.82, 2.24) is 0 Å². The standard InChI is InChI=1S/C48H34BN3/c1-5-19-35(20-6-1)40-27-13-16-30-43(40)50(36-21-7-2-8-22-36)39-33-46-48-47(34-39)52(38-25-11-4-12-26-38)45-32-18-15-29-42(45)49(48)41-28-14-17-31-44(41)51(46)37-23-9-3-10-24-37/h1-34H. The Morgan fingerprint density at radius 3 is 1.37 bits per heavy atom. The minimum atomic E-state index is 0.0631. The molecule has 2 aliphatic rings. The molecular formula is C48H34BN3. The number of fused-ring (bicyclic) bond motifs is 4. The molecule has 0 amide bonds. The van der Waals surface area contributed by atoms with E-state index in [1.807, 2.05) is 0 Å². The number of hydrogen-bond acceptors (Lipinski definition) is 3. The third kappa shape index (κ3) is 4.84. The Labute approximate surface area is 305 Å². The summed E-state index contributed by atoms with van der Waals surface area (Å²) in [4.78, 5) is 7.37. The molecule has 8 aromatic rings. The summed E-state index contributed by atoms with van der Waals surface area (Å²) < 4.78 is 0. The van der Waals surface area contributed by atoms with Gasteiger partial charge in [0.25, 0.3) is 6.71 Å². The Morgan fingerprint density at radius 2 is 0.808 bits per heavy atom. The smallest absolute Gasteiger partial charge is 0.252 e. The highest BCUT2D eigenvalue weighted by molar-refractivity contribution is 7.00. The van der Waals surface area contributed by atoms with Crippen molar-refractivity contribution in [3.63, 3.8) is 0 Å². The van der Waals surface area contributed by atoms with Crippen LogP contribution in [0.25, 0.3) is 11.1 Å². The fraction of sp³-hybridized carbons (Fsp3) is 0. The molecule has 0 saturated carbocycles. The van der Waals surface area contributed by atoms with Crippen LogP contribution in [0.5, 0.6) is 0 Å². The Hall–Kier alpha value is -6.78. The molecule has 0 radical (unpaired) electrons. The molecule has 244 valence electrons. The van der Waals surface area contributed by atoms with Gasteiger partial charge in [-0.2, -0.15) is 0 Å². The van der Waals surface area contributed by atoms with Crippen LogP contribution in [-0.2, 0) is 0 Å². The lowest BCUT2D eigenvalue weighted by Crippen LogP contribution is -2.61. The second-order valence-corrected chi connectivity index (χ2v) is 13.3. The van der Waals surface area contributed by atoms with Crippen molar-refractivity contribution < 1.29 is 0 Å². The highest BCUT2D eigenvalue weighted by atomic mass is 15.2. The molecule has 2 heterocycles. The normalized spacial score (nSPS) is 12.5. The van der Waals surface area contributed by atoms with Crippen LogP contribution in [0.1, 0.15) is 0 Å². The van der Waals surface area contributed by atoms with Gasteiger partial charge >= 0.3 is 0 Å². The summed E-state index contributed by atoms with van der Waals surface area (Å²) in [5, 5.41) is 0. The number of hydrogen-bond donors (Lipinski definition) is 0. The quantitative estimate of drug-likeness (QED) is 0.164. The van der Waals surface area contributed by atoms with Gasteiger partial charge in [-0.1, -0.05) is 140 Å². The van der Waals surface area contributed by atoms with Crippen molar-refractivity contribution in [2.75, 3.05) is 14.7 Å². The fourth-order valence-electron chi connectivity index (χ4n) is 8.26. The lowest BCUT2D eigenvalue weighted by atomic mass is 9.33. The average molecular weight is 664 g/mol. The first-order valence-electron chi connectivity index (χ1n) is 17.9. The van der Waals surface area contributed by atoms with E-state index in [1.165, 1.54) is 50.3 Å². The van der Waals surface area contributed by atoms with Gasteiger partial charge in [-0.15, -0.1) is 0 Å². The summed E-state index contributed by atoms with van der Waals surface area (Å²) in [7, 11) is 0. The van der Waals surface area contributed by atoms with E-state index in [4.69, 9.17) is 0 Å². The SMILES string of the molecule is c1ccc(-c2ccccc2N(c2ccccc2)c2cc3c4c(c2)N(c2ccccc2)c2ccccc2B4c2ccccc2N3c2ccccc2)cc1. The fourth-order valence-corrected chi connectivity index (χ4v) is 8.26. The van der Waals surface area contributed by atoms with E-state index < -0.39 is 0 Å². The Morgan fingerprint density at radius 1 is 0.365 bits per heavy atom. The third-order valence-electron chi connectivity index (χ3n) is 10.4. The van der Waals surface area contributed by atoms with E-state index in [1.54, 1.807) is 0 Å². The van der Waals surface area contributed by atoms with Crippen LogP contribution in [0, 0.1) is 0 Å². The van der Waals surface area contributed by atoms with Gasteiger partial charge in [0, 0.05) is 45.4 Å². The summed E-state index contributed by atoms with van der Waals surface area (Å²) in [6.07, 6.45) is 0. The van der Waals surface area contributed by atoms with E-state index >= 15 is 0 Å². The molecule has 0 aliphatic carbocycles. The van der Waals surface area contributed by atoms with E-state index in [0.29, 0.717) is 0 Å². The van der Waals surface area contributed by atoms with Crippen molar-refractivity contribution in [2.24, 2.45) is 0 Å². The van der Waals surface area contributed by atoms with Gasteiger partial charge in [0.1, 0.15) is 0 Å². The Balaban J connectivity index is 1.33. The lowest BCUT2D eigenvalue weighted by Gasteiger charge is -2.45. The zero-order chi connectivity index (χ0) is 34.4. The van der Waals surface area contributed by atoms with E-state index in [9.17, 15) is 0 Å². The summed E-state index contributed by atoms with van der Waals surface area (Å²) in [5.41, 5.74) is 16.6. The summed E-state index contributed by atoms with van der Waals surface area (Å²) >= 11 is 0. The first-order chi connectivity index (χ1) is 25.8. The maximum Gasteiger partial charge on any atom is 0.252 e. The maximum atomic E-state index is 2.47. The molecule has 0 aromatic heterocycles. The van der Waals surface area contributed by atoms with Gasteiger partial charge in [0.15, 0.2) is 0 Å². The monoisotopic (exact) mass is 663 g/mol. The summed E-state index contributed by atoms with van der Waals surface area (Å²) in [6.45, 7) is 0.0631. The first-order valence-corrected chi connectivity index (χ1v) is 17.9. The largest absolute Gasteiger partial charge is 0.311 e. The Bertz CT molecular complexity index is 2430. The molecule has 0 fully saturated rings. The molecule has 0 N–H and O–H groups in total. The molecule has 0 saturated heterocycles. The number of rotatable bonds is 6. The molecule has 4 heteroatoms. The molecule has 0 unspecified atom stereocenters.